The lowest BCUT2D eigenvalue weighted by Gasteiger charge is -2.32. The molecule has 6 heteroatoms. The Balaban J connectivity index is 2.06. The second-order valence-electron chi connectivity index (χ2n) is 4.62. The average Bonchev–Trinajstić information content (AvgIpc) is 2.42. The summed E-state index contributed by atoms with van der Waals surface area (Å²) in [6.07, 6.45) is -0.560. The van der Waals surface area contributed by atoms with Gasteiger partial charge in [0.05, 0.1) is 19.6 Å². The molecule has 1 fully saturated rings. The fourth-order valence-electron chi connectivity index (χ4n) is 2.19. The van der Waals surface area contributed by atoms with E-state index in [1.165, 1.54) is 0 Å². The van der Waals surface area contributed by atoms with Gasteiger partial charge >= 0.3 is 5.97 Å². The van der Waals surface area contributed by atoms with Crippen molar-refractivity contribution in [1.82, 2.24) is 4.90 Å². The van der Waals surface area contributed by atoms with E-state index in [1.54, 1.807) is 12.0 Å². The minimum atomic E-state index is -0.929. The van der Waals surface area contributed by atoms with E-state index in [9.17, 15) is 9.59 Å². The number of carbonyl (C=O) groups excluding carboxylic acids is 1. The Kier molecular flexibility index (Phi) is 4.57. The molecule has 1 aromatic rings. The van der Waals surface area contributed by atoms with Gasteiger partial charge in [-0.25, -0.2) is 0 Å². The fourth-order valence-corrected chi connectivity index (χ4v) is 2.19. The molecule has 0 bridgehead atoms. The van der Waals surface area contributed by atoms with E-state index in [1.807, 2.05) is 24.3 Å². The molecule has 1 heterocycles. The topological polar surface area (TPSA) is 76.1 Å². The predicted octanol–water partition coefficient (Wildman–Crippen LogP) is 0.897. The van der Waals surface area contributed by atoms with Gasteiger partial charge in [0.1, 0.15) is 12.4 Å². The Morgan fingerprint density at radius 1 is 1.50 bits per heavy atom. The number of amides is 1. The number of ether oxygens (including phenoxy) is 2. The Morgan fingerprint density at radius 2 is 2.25 bits per heavy atom. The van der Waals surface area contributed by atoms with Gasteiger partial charge in [-0.2, -0.15) is 0 Å². The summed E-state index contributed by atoms with van der Waals surface area (Å²) in [5, 5.41) is 8.79. The second kappa shape index (κ2) is 6.38. The Bertz CT molecular complexity index is 502. The summed E-state index contributed by atoms with van der Waals surface area (Å²) in [7, 11) is 1.58. The predicted molar refractivity (Wildman–Crippen MR) is 70.4 cm³/mol. The number of morpholine rings is 1. The number of para-hydroxylation sites is 1. The average molecular weight is 279 g/mol. The Hall–Kier alpha value is -2.08. The summed E-state index contributed by atoms with van der Waals surface area (Å²) in [4.78, 5) is 24.2. The van der Waals surface area contributed by atoms with Crippen molar-refractivity contribution < 1.29 is 24.2 Å². The number of carboxylic acids is 1. The maximum Gasteiger partial charge on any atom is 0.306 e. The van der Waals surface area contributed by atoms with Crippen LogP contribution in [0, 0.1) is 0 Å². The molecule has 1 atom stereocenters. The van der Waals surface area contributed by atoms with Crippen molar-refractivity contribution in [2.45, 2.75) is 19.1 Å². The molecule has 1 amide bonds. The lowest BCUT2D eigenvalue weighted by molar-refractivity contribution is -0.155. The number of hydrogen-bond acceptors (Lipinski definition) is 4. The number of benzene rings is 1. The molecule has 1 saturated heterocycles. The molecule has 0 aromatic heterocycles. The standard InChI is InChI=1S/C14H17NO5/c1-19-12-5-3-2-4-10(12)7-15-8-11(6-14(17)18)20-9-13(15)16/h2-5,11H,6-9H2,1H3,(H,17,18). The minimum Gasteiger partial charge on any atom is -0.496 e. The Morgan fingerprint density at radius 3 is 2.95 bits per heavy atom. The molecule has 108 valence electrons. The highest BCUT2D eigenvalue weighted by Gasteiger charge is 2.28. The maximum atomic E-state index is 11.8. The first kappa shape index (κ1) is 14.3. The first-order valence-electron chi connectivity index (χ1n) is 6.33. The molecule has 1 N–H and O–H groups in total. The van der Waals surface area contributed by atoms with Crippen LogP contribution >= 0.6 is 0 Å². The molecule has 0 spiro atoms. The number of hydrogen-bond donors (Lipinski definition) is 1. The summed E-state index contributed by atoms with van der Waals surface area (Å²) in [6.45, 7) is 0.596. The summed E-state index contributed by atoms with van der Waals surface area (Å²) < 4.78 is 10.5. The summed E-state index contributed by atoms with van der Waals surface area (Å²) in [5.74, 6) is -0.360. The van der Waals surface area contributed by atoms with E-state index in [-0.39, 0.29) is 25.5 Å². The molecule has 20 heavy (non-hydrogen) atoms. The van der Waals surface area contributed by atoms with Gasteiger partial charge in [0.25, 0.3) is 0 Å². The van der Waals surface area contributed by atoms with Gasteiger partial charge in [0, 0.05) is 18.7 Å². The van der Waals surface area contributed by atoms with Gasteiger partial charge in [-0.3, -0.25) is 9.59 Å². The first-order valence-corrected chi connectivity index (χ1v) is 6.33. The van der Waals surface area contributed by atoms with Crippen LogP contribution in [0.5, 0.6) is 5.75 Å². The van der Waals surface area contributed by atoms with Crippen molar-refractivity contribution >= 4 is 11.9 Å². The highest BCUT2D eigenvalue weighted by molar-refractivity contribution is 5.78. The third kappa shape index (κ3) is 3.48. The molecular formula is C14H17NO5. The van der Waals surface area contributed by atoms with Gasteiger partial charge in [-0.15, -0.1) is 0 Å². The highest BCUT2D eigenvalue weighted by Crippen LogP contribution is 2.21. The van der Waals surface area contributed by atoms with Crippen LogP contribution in [0.3, 0.4) is 0 Å². The van der Waals surface area contributed by atoms with Gasteiger partial charge in [0.2, 0.25) is 5.91 Å². The van der Waals surface area contributed by atoms with Crippen molar-refractivity contribution in [1.29, 1.82) is 0 Å². The second-order valence-corrected chi connectivity index (χ2v) is 4.62. The third-order valence-electron chi connectivity index (χ3n) is 3.18. The molecular weight excluding hydrogens is 262 g/mol. The fraction of sp³-hybridized carbons (Fsp3) is 0.429. The van der Waals surface area contributed by atoms with Crippen LogP contribution in [0.1, 0.15) is 12.0 Å². The quantitative estimate of drug-likeness (QED) is 0.866. The first-order chi connectivity index (χ1) is 9.60. The van der Waals surface area contributed by atoms with Crippen LogP contribution in [-0.2, 0) is 20.9 Å². The molecule has 0 aliphatic carbocycles. The van der Waals surface area contributed by atoms with Gasteiger partial charge in [-0.1, -0.05) is 18.2 Å². The van der Waals surface area contributed by atoms with Gasteiger partial charge in [0.15, 0.2) is 0 Å². The van der Waals surface area contributed by atoms with Crippen LogP contribution in [0.4, 0.5) is 0 Å². The number of carboxylic acid groups (broad SMARTS) is 1. The minimum absolute atomic E-state index is 0.0763. The van der Waals surface area contributed by atoms with E-state index in [2.05, 4.69) is 0 Å². The number of nitrogens with zero attached hydrogens (tertiary/aromatic N) is 1. The zero-order valence-electron chi connectivity index (χ0n) is 11.2. The molecule has 1 unspecified atom stereocenters. The molecule has 1 aliphatic rings. The van der Waals surface area contributed by atoms with Crippen molar-refractivity contribution in [2.24, 2.45) is 0 Å². The summed E-state index contributed by atoms with van der Waals surface area (Å²) in [6, 6.07) is 7.44. The Labute approximate surface area is 116 Å². The normalized spacial score (nSPS) is 18.9. The van der Waals surface area contributed by atoms with Crippen LogP contribution in [-0.4, -0.2) is 48.2 Å². The molecule has 0 radical (unpaired) electrons. The SMILES string of the molecule is COc1ccccc1CN1CC(CC(=O)O)OCC1=O. The van der Waals surface area contributed by atoms with Gasteiger partial charge in [-0.05, 0) is 6.07 Å². The lowest BCUT2D eigenvalue weighted by Crippen LogP contribution is -2.46. The smallest absolute Gasteiger partial charge is 0.306 e. The van der Waals surface area contributed by atoms with Crippen LogP contribution in [0.2, 0.25) is 0 Å². The van der Waals surface area contributed by atoms with Crippen molar-refractivity contribution in [2.75, 3.05) is 20.3 Å². The van der Waals surface area contributed by atoms with E-state index in [4.69, 9.17) is 14.6 Å². The summed E-state index contributed by atoms with van der Waals surface area (Å²) in [5.41, 5.74) is 0.888. The zero-order valence-corrected chi connectivity index (χ0v) is 11.2. The van der Waals surface area contributed by atoms with E-state index in [0.29, 0.717) is 12.3 Å². The molecule has 0 saturated carbocycles. The lowest BCUT2D eigenvalue weighted by atomic mass is 10.1. The van der Waals surface area contributed by atoms with Crippen LogP contribution < -0.4 is 4.74 Å². The van der Waals surface area contributed by atoms with Crippen molar-refractivity contribution in [3.63, 3.8) is 0 Å². The molecule has 2 rings (SSSR count). The number of aliphatic carboxylic acids is 1. The molecule has 1 aliphatic heterocycles. The van der Waals surface area contributed by atoms with E-state index >= 15 is 0 Å². The summed E-state index contributed by atoms with van der Waals surface area (Å²) >= 11 is 0. The monoisotopic (exact) mass is 279 g/mol. The van der Waals surface area contributed by atoms with Crippen LogP contribution in [0.15, 0.2) is 24.3 Å². The largest absolute Gasteiger partial charge is 0.496 e. The van der Waals surface area contributed by atoms with E-state index in [0.717, 1.165) is 5.56 Å². The molecule has 1 aromatic carbocycles. The maximum absolute atomic E-state index is 11.8. The zero-order chi connectivity index (χ0) is 14.5. The van der Waals surface area contributed by atoms with Gasteiger partial charge < -0.3 is 19.5 Å². The highest BCUT2D eigenvalue weighted by atomic mass is 16.5. The van der Waals surface area contributed by atoms with Crippen molar-refractivity contribution in [3.8, 4) is 5.75 Å². The number of rotatable bonds is 5. The number of methoxy groups -OCH3 is 1. The van der Waals surface area contributed by atoms with Crippen molar-refractivity contribution in [3.05, 3.63) is 29.8 Å². The molecule has 6 nitrogen and oxygen atoms in total. The third-order valence-corrected chi connectivity index (χ3v) is 3.18. The number of carbonyl (C=O) groups is 2. The van der Waals surface area contributed by atoms with E-state index < -0.39 is 12.1 Å². The van der Waals surface area contributed by atoms with Crippen LogP contribution in [0.25, 0.3) is 0 Å².